The van der Waals surface area contributed by atoms with Gasteiger partial charge in [0.05, 0.1) is 0 Å². The first kappa shape index (κ1) is 15.8. The standard InChI is InChI=1S/C15H11ClF2N4S/c1-7-3-8(4-12(16)19-7)13-10(5-9(17)6-11(13)18)14-20-21-15(23)22(14)2/h3-6H,1-2H3,(H,21,23). The summed E-state index contributed by atoms with van der Waals surface area (Å²) in [5.41, 5.74) is 1.58. The molecule has 0 bridgehead atoms. The Bertz CT molecular complexity index is 944. The summed E-state index contributed by atoms with van der Waals surface area (Å²) in [6.45, 7) is 1.74. The van der Waals surface area contributed by atoms with Crippen molar-refractivity contribution in [1.82, 2.24) is 19.7 Å². The molecular weight excluding hydrogens is 342 g/mol. The van der Waals surface area contributed by atoms with Gasteiger partial charge in [-0.3, -0.25) is 5.10 Å². The molecular formula is C15H11ClF2N4S. The zero-order chi connectivity index (χ0) is 16.7. The van der Waals surface area contributed by atoms with Crippen LogP contribution < -0.4 is 0 Å². The molecule has 1 aromatic carbocycles. The summed E-state index contributed by atoms with van der Waals surface area (Å²) in [6.07, 6.45) is 0. The first-order chi connectivity index (χ1) is 10.9. The van der Waals surface area contributed by atoms with Crippen molar-refractivity contribution in [3.63, 3.8) is 0 Å². The molecule has 8 heteroatoms. The summed E-state index contributed by atoms with van der Waals surface area (Å²) in [6, 6.07) is 5.24. The minimum absolute atomic E-state index is 0.191. The fraction of sp³-hybridized carbons (Fsp3) is 0.133. The maximum atomic E-state index is 14.5. The van der Waals surface area contributed by atoms with Crippen molar-refractivity contribution in [3.8, 4) is 22.5 Å². The maximum Gasteiger partial charge on any atom is 0.195 e. The third kappa shape index (κ3) is 2.89. The smallest absolute Gasteiger partial charge is 0.195 e. The predicted molar refractivity (Wildman–Crippen MR) is 86.7 cm³/mol. The highest BCUT2D eigenvalue weighted by Gasteiger charge is 2.19. The number of benzene rings is 1. The molecule has 0 aliphatic heterocycles. The van der Waals surface area contributed by atoms with Gasteiger partial charge in [-0.15, -0.1) is 0 Å². The number of pyridine rings is 1. The van der Waals surface area contributed by atoms with E-state index in [-0.39, 0.29) is 16.3 Å². The van der Waals surface area contributed by atoms with Crippen molar-refractivity contribution in [1.29, 1.82) is 0 Å². The topological polar surface area (TPSA) is 46.5 Å². The fourth-order valence-electron chi connectivity index (χ4n) is 2.40. The number of aromatic nitrogens is 4. The van der Waals surface area contributed by atoms with Gasteiger partial charge in [-0.2, -0.15) is 5.10 Å². The lowest BCUT2D eigenvalue weighted by molar-refractivity contribution is 0.586. The van der Waals surface area contributed by atoms with Crippen LogP contribution >= 0.6 is 23.8 Å². The van der Waals surface area contributed by atoms with Crippen LogP contribution in [0.2, 0.25) is 5.15 Å². The monoisotopic (exact) mass is 352 g/mol. The molecule has 118 valence electrons. The van der Waals surface area contributed by atoms with Crippen LogP contribution in [0.1, 0.15) is 5.69 Å². The van der Waals surface area contributed by atoms with Gasteiger partial charge >= 0.3 is 0 Å². The van der Waals surface area contributed by atoms with Gasteiger partial charge in [-0.1, -0.05) is 11.6 Å². The minimum atomic E-state index is -0.712. The van der Waals surface area contributed by atoms with E-state index in [1.165, 1.54) is 12.1 Å². The number of H-pyrrole nitrogens is 1. The van der Waals surface area contributed by atoms with Crippen molar-refractivity contribution in [2.24, 2.45) is 7.05 Å². The number of aromatic amines is 1. The van der Waals surface area contributed by atoms with Crippen molar-refractivity contribution in [2.45, 2.75) is 6.92 Å². The summed E-state index contributed by atoms with van der Waals surface area (Å²) in [4.78, 5) is 4.06. The van der Waals surface area contributed by atoms with Gasteiger partial charge < -0.3 is 4.57 Å². The summed E-state index contributed by atoms with van der Waals surface area (Å²) >= 11 is 11.0. The highest BCUT2D eigenvalue weighted by molar-refractivity contribution is 7.71. The Kier molecular flexibility index (Phi) is 3.99. The van der Waals surface area contributed by atoms with Gasteiger partial charge in [0.25, 0.3) is 0 Å². The van der Waals surface area contributed by atoms with Crippen molar-refractivity contribution in [2.75, 3.05) is 0 Å². The molecule has 0 aliphatic carbocycles. The third-order valence-electron chi connectivity index (χ3n) is 3.39. The predicted octanol–water partition coefficient (Wildman–Crippen LogP) is 4.45. The van der Waals surface area contributed by atoms with E-state index in [0.29, 0.717) is 21.9 Å². The maximum absolute atomic E-state index is 14.5. The van der Waals surface area contributed by atoms with E-state index in [9.17, 15) is 8.78 Å². The largest absolute Gasteiger partial charge is 0.303 e. The molecule has 0 atom stereocenters. The number of aryl methyl sites for hydroxylation is 1. The zero-order valence-corrected chi connectivity index (χ0v) is 13.8. The van der Waals surface area contributed by atoms with E-state index in [4.69, 9.17) is 23.8 Å². The van der Waals surface area contributed by atoms with Crippen LogP contribution in [0.25, 0.3) is 22.5 Å². The highest BCUT2D eigenvalue weighted by atomic mass is 35.5. The minimum Gasteiger partial charge on any atom is -0.303 e. The second-order valence-corrected chi connectivity index (χ2v) is 5.82. The van der Waals surface area contributed by atoms with Crippen molar-refractivity contribution >= 4 is 23.8 Å². The molecule has 3 aromatic rings. The molecule has 2 heterocycles. The number of hydrogen-bond acceptors (Lipinski definition) is 3. The first-order valence-corrected chi connectivity index (χ1v) is 7.41. The van der Waals surface area contributed by atoms with Crippen molar-refractivity contribution < 1.29 is 8.78 Å². The van der Waals surface area contributed by atoms with Gasteiger partial charge in [0.15, 0.2) is 10.6 Å². The van der Waals surface area contributed by atoms with E-state index < -0.39 is 11.6 Å². The Morgan fingerprint density at radius 1 is 1.22 bits per heavy atom. The number of nitrogens with one attached hydrogen (secondary N) is 1. The van der Waals surface area contributed by atoms with Crippen LogP contribution in [-0.2, 0) is 7.05 Å². The molecule has 0 saturated carbocycles. The van der Waals surface area contributed by atoms with Gasteiger partial charge in [0.1, 0.15) is 16.8 Å². The Balaban J connectivity index is 2.36. The molecule has 23 heavy (non-hydrogen) atoms. The lowest BCUT2D eigenvalue weighted by Gasteiger charge is -2.12. The lowest BCUT2D eigenvalue weighted by Crippen LogP contribution is -1.99. The average Bonchev–Trinajstić information content (AvgIpc) is 2.76. The molecule has 2 aromatic heterocycles. The Labute approximate surface area is 140 Å². The van der Waals surface area contributed by atoms with E-state index in [0.717, 1.165) is 6.07 Å². The van der Waals surface area contributed by atoms with E-state index >= 15 is 0 Å². The van der Waals surface area contributed by atoms with Crippen LogP contribution in [0.15, 0.2) is 24.3 Å². The summed E-state index contributed by atoms with van der Waals surface area (Å²) in [5, 5.41) is 6.90. The fourth-order valence-corrected chi connectivity index (χ4v) is 2.79. The van der Waals surface area contributed by atoms with Gasteiger partial charge in [-0.05, 0) is 42.9 Å². The molecule has 0 radical (unpaired) electrons. The van der Waals surface area contributed by atoms with Crippen LogP contribution in [0.4, 0.5) is 8.78 Å². The quantitative estimate of drug-likeness (QED) is 0.547. The lowest BCUT2D eigenvalue weighted by atomic mass is 9.98. The molecule has 0 amide bonds. The third-order valence-corrected chi connectivity index (χ3v) is 3.95. The molecule has 3 rings (SSSR count). The number of nitrogens with zero attached hydrogens (tertiary/aromatic N) is 3. The molecule has 1 N–H and O–H groups in total. The van der Waals surface area contributed by atoms with Gasteiger partial charge in [0, 0.05) is 29.9 Å². The number of rotatable bonds is 2. The highest BCUT2D eigenvalue weighted by Crippen LogP contribution is 2.35. The van der Waals surface area contributed by atoms with E-state index in [1.807, 2.05) is 0 Å². The van der Waals surface area contributed by atoms with Gasteiger partial charge in [-0.25, -0.2) is 13.8 Å². The molecule has 0 unspecified atom stereocenters. The normalized spacial score (nSPS) is 11.0. The Morgan fingerprint density at radius 3 is 2.57 bits per heavy atom. The van der Waals surface area contributed by atoms with Crippen molar-refractivity contribution in [3.05, 3.63) is 51.5 Å². The van der Waals surface area contributed by atoms with E-state index in [1.54, 1.807) is 24.6 Å². The molecule has 0 aliphatic rings. The summed E-state index contributed by atoms with van der Waals surface area (Å²) in [5.74, 6) is -1.09. The molecule has 4 nitrogen and oxygen atoms in total. The second kappa shape index (κ2) is 5.82. The zero-order valence-electron chi connectivity index (χ0n) is 12.2. The molecule has 0 spiro atoms. The first-order valence-electron chi connectivity index (χ1n) is 6.62. The van der Waals surface area contributed by atoms with Crippen LogP contribution in [-0.4, -0.2) is 19.7 Å². The SMILES string of the molecule is Cc1cc(-c2c(F)cc(F)cc2-c2n[nH]c(=S)n2C)cc(Cl)n1. The second-order valence-electron chi connectivity index (χ2n) is 5.04. The van der Waals surface area contributed by atoms with Crippen LogP contribution in [0.3, 0.4) is 0 Å². The Morgan fingerprint density at radius 2 is 1.96 bits per heavy atom. The average molecular weight is 353 g/mol. The van der Waals surface area contributed by atoms with E-state index in [2.05, 4.69) is 15.2 Å². The summed E-state index contributed by atoms with van der Waals surface area (Å²) < 4.78 is 30.2. The molecule has 0 saturated heterocycles. The number of halogens is 3. The van der Waals surface area contributed by atoms with Crippen LogP contribution in [0, 0.1) is 23.3 Å². The molecule has 0 fully saturated rings. The number of hydrogen-bond donors (Lipinski definition) is 1. The van der Waals surface area contributed by atoms with Crippen LogP contribution in [0.5, 0.6) is 0 Å². The van der Waals surface area contributed by atoms with Gasteiger partial charge in [0.2, 0.25) is 0 Å². The summed E-state index contributed by atoms with van der Waals surface area (Å²) in [7, 11) is 1.67. The Hall–Kier alpha value is -2.12.